The second-order valence-corrected chi connectivity index (χ2v) is 6.21. The molecule has 154 valence electrons. The number of carbonyl (C=O) groups excluding carboxylic acids is 2. The van der Waals surface area contributed by atoms with E-state index >= 15 is 0 Å². The van der Waals surface area contributed by atoms with Crippen molar-refractivity contribution in [3.63, 3.8) is 0 Å². The van der Waals surface area contributed by atoms with Gasteiger partial charge in [0.15, 0.2) is 0 Å². The number of furan rings is 1. The van der Waals surface area contributed by atoms with Gasteiger partial charge in [-0.05, 0) is 48.5 Å². The Morgan fingerprint density at radius 3 is 2.40 bits per heavy atom. The molecule has 0 saturated heterocycles. The molecular weight excluding hydrogens is 384 g/mol. The Morgan fingerprint density at radius 2 is 1.73 bits per heavy atom. The van der Waals surface area contributed by atoms with E-state index < -0.39 is 11.8 Å². The quantitative estimate of drug-likeness (QED) is 0.418. The van der Waals surface area contributed by atoms with Crippen molar-refractivity contribution in [2.75, 3.05) is 25.6 Å². The topological polar surface area (TPSA) is 89.8 Å². The summed E-state index contributed by atoms with van der Waals surface area (Å²) in [5, 5.41) is 5.41. The zero-order valence-electron chi connectivity index (χ0n) is 16.5. The summed E-state index contributed by atoms with van der Waals surface area (Å²) in [5.41, 5.74) is 1.05. The summed E-state index contributed by atoms with van der Waals surface area (Å²) >= 11 is 0. The fourth-order valence-electron chi connectivity index (χ4n) is 2.53. The lowest BCUT2D eigenvalue weighted by molar-refractivity contribution is -0.113. The van der Waals surface area contributed by atoms with E-state index in [1.54, 1.807) is 67.8 Å². The third-order valence-corrected chi connectivity index (χ3v) is 4.03. The Bertz CT molecular complexity index is 980. The Labute approximate surface area is 174 Å². The molecule has 0 fully saturated rings. The minimum absolute atomic E-state index is 0.0548. The van der Waals surface area contributed by atoms with E-state index in [4.69, 9.17) is 13.9 Å². The molecule has 3 aromatic rings. The second-order valence-electron chi connectivity index (χ2n) is 6.21. The molecule has 2 aromatic carbocycles. The molecule has 0 spiro atoms. The van der Waals surface area contributed by atoms with Gasteiger partial charge < -0.3 is 24.5 Å². The fourth-order valence-corrected chi connectivity index (χ4v) is 2.53. The highest BCUT2D eigenvalue weighted by molar-refractivity contribution is 6.10. The summed E-state index contributed by atoms with van der Waals surface area (Å²) in [4.78, 5) is 25.3. The van der Waals surface area contributed by atoms with Crippen molar-refractivity contribution in [1.82, 2.24) is 5.32 Å². The van der Waals surface area contributed by atoms with Crippen molar-refractivity contribution in [1.29, 1.82) is 0 Å². The highest BCUT2D eigenvalue weighted by Gasteiger charge is 2.15. The molecule has 3 rings (SSSR count). The molecule has 0 atom stereocenters. The van der Waals surface area contributed by atoms with Crippen LogP contribution in [0.5, 0.6) is 5.75 Å². The van der Waals surface area contributed by atoms with Crippen LogP contribution in [0.25, 0.3) is 6.08 Å². The van der Waals surface area contributed by atoms with Crippen molar-refractivity contribution in [2.24, 2.45) is 0 Å². The van der Waals surface area contributed by atoms with Gasteiger partial charge in [0, 0.05) is 24.4 Å². The predicted octanol–water partition coefficient (Wildman–Crippen LogP) is 3.71. The van der Waals surface area contributed by atoms with E-state index in [2.05, 4.69) is 10.6 Å². The Morgan fingerprint density at radius 1 is 0.967 bits per heavy atom. The van der Waals surface area contributed by atoms with Crippen LogP contribution < -0.4 is 15.4 Å². The molecule has 1 aromatic heterocycles. The first kappa shape index (κ1) is 20.9. The van der Waals surface area contributed by atoms with E-state index in [9.17, 15) is 9.59 Å². The molecule has 2 amide bonds. The van der Waals surface area contributed by atoms with Crippen LogP contribution in [0.3, 0.4) is 0 Å². The molecule has 0 aliphatic carbocycles. The second kappa shape index (κ2) is 10.6. The van der Waals surface area contributed by atoms with E-state index in [0.717, 1.165) is 0 Å². The van der Waals surface area contributed by atoms with Gasteiger partial charge in [-0.1, -0.05) is 18.2 Å². The van der Waals surface area contributed by atoms with Gasteiger partial charge in [-0.15, -0.1) is 0 Å². The number of hydrogen-bond acceptors (Lipinski definition) is 5. The van der Waals surface area contributed by atoms with E-state index in [0.29, 0.717) is 36.0 Å². The van der Waals surface area contributed by atoms with Gasteiger partial charge >= 0.3 is 0 Å². The van der Waals surface area contributed by atoms with Crippen LogP contribution in [0.15, 0.2) is 83.1 Å². The smallest absolute Gasteiger partial charge is 0.272 e. The lowest BCUT2D eigenvalue weighted by Crippen LogP contribution is -2.30. The first-order valence-electron chi connectivity index (χ1n) is 9.30. The third-order valence-electron chi connectivity index (χ3n) is 4.03. The number of benzene rings is 2. The van der Waals surface area contributed by atoms with Gasteiger partial charge in [-0.3, -0.25) is 9.59 Å². The monoisotopic (exact) mass is 406 g/mol. The van der Waals surface area contributed by atoms with Crippen molar-refractivity contribution in [2.45, 2.75) is 0 Å². The van der Waals surface area contributed by atoms with Gasteiger partial charge in [0.25, 0.3) is 11.8 Å². The summed E-state index contributed by atoms with van der Waals surface area (Å²) in [5.74, 6) is 0.221. The summed E-state index contributed by atoms with van der Waals surface area (Å²) < 4.78 is 15.7. The van der Waals surface area contributed by atoms with Crippen LogP contribution in [-0.4, -0.2) is 32.1 Å². The average Bonchev–Trinajstić information content (AvgIpc) is 3.28. The zero-order chi connectivity index (χ0) is 21.2. The van der Waals surface area contributed by atoms with Crippen LogP contribution in [0.1, 0.15) is 16.1 Å². The van der Waals surface area contributed by atoms with Crippen LogP contribution in [0, 0.1) is 0 Å². The third kappa shape index (κ3) is 6.08. The lowest BCUT2D eigenvalue weighted by Gasteiger charge is -2.11. The van der Waals surface area contributed by atoms with E-state index in [-0.39, 0.29) is 5.70 Å². The number of methoxy groups -OCH3 is 1. The number of rotatable bonds is 9. The molecule has 7 heteroatoms. The maximum atomic E-state index is 12.8. The predicted molar refractivity (Wildman–Crippen MR) is 113 cm³/mol. The Balaban J connectivity index is 1.71. The zero-order valence-corrected chi connectivity index (χ0v) is 16.5. The normalized spacial score (nSPS) is 11.0. The molecular formula is C23H22N2O5. The molecule has 0 bridgehead atoms. The number of ether oxygens (including phenoxy) is 2. The molecule has 0 unspecified atom stereocenters. The molecule has 2 N–H and O–H groups in total. The van der Waals surface area contributed by atoms with Crippen molar-refractivity contribution in [3.8, 4) is 5.75 Å². The van der Waals surface area contributed by atoms with Gasteiger partial charge in [-0.25, -0.2) is 0 Å². The molecule has 0 radical (unpaired) electrons. The number of nitrogens with one attached hydrogen (secondary N) is 2. The number of anilines is 1. The van der Waals surface area contributed by atoms with Crippen LogP contribution in [0.2, 0.25) is 0 Å². The number of hydrogen-bond donors (Lipinski definition) is 2. The number of amides is 2. The van der Waals surface area contributed by atoms with Crippen molar-refractivity contribution in [3.05, 3.63) is 90.0 Å². The van der Waals surface area contributed by atoms with Gasteiger partial charge in [0.1, 0.15) is 23.8 Å². The highest BCUT2D eigenvalue weighted by atomic mass is 16.5. The van der Waals surface area contributed by atoms with Gasteiger partial charge in [0.05, 0.1) is 12.9 Å². The standard InChI is InChI=1S/C23H22N2O5/c1-28-14-15-30-19-11-9-18(10-12-19)24-23(27)21(16-20-8-5-13-29-20)25-22(26)17-6-3-2-4-7-17/h2-13,16H,14-15H2,1H3,(H,24,27)(H,25,26). The summed E-state index contributed by atoms with van der Waals surface area (Å²) in [7, 11) is 1.60. The fraction of sp³-hybridized carbons (Fsp3) is 0.130. The minimum atomic E-state index is -0.483. The molecule has 0 aliphatic rings. The van der Waals surface area contributed by atoms with Gasteiger partial charge in [0.2, 0.25) is 0 Å². The van der Waals surface area contributed by atoms with Crippen LogP contribution >= 0.6 is 0 Å². The molecule has 1 heterocycles. The van der Waals surface area contributed by atoms with E-state index in [1.165, 1.54) is 12.3 Å². The van der Waals surface area contributed by atoms with Crippen LogP contribution in [0.4, 0.5) is 5.69 Å². The summed E-state index contributed by atoms with van der Waals surface area (Å²) in [6.07, 6.45) is 2.96. The van der Waals surface area contributed by atoms with Crippen LogP contribution in [-0.2, 0) is 9.53 Å². The highest BCUT2D eigenvalue weighted by Crippen LogP contribution is 2.17. The molecule has 7 nitrogen and oxygen atoms in total. The maximum Gasteiger partial charge on any atom is 0.272 e. The summed E-state index contributed by atoms with van der Waals surface area (Å²) in [6.45, 7) is 0.921. The molecule has 0 aliphatic heterocycles. The minimum Gasteiger partial charge on any atom is -0.491 e. The number of carbonyl (C=O) groups is 2. The SMILES string of the molecule is COCCOc1ccc(NC(=O)C(=Cc2ccco2)NC(=O)c2ccccc2)cc1. The van der Waals surface area contributed by atoms with Gasteiger partial charge in [-0.2, -0.15) is 0 Å². The average molecular weight is 406 g/mol. The first-order chi connectivity index (χ1) is 14.7. The van der Waals surface area contributed by atoms with E-state index in [1.807, 2.05) is 6.07 Å². The summed E-state index contributed by atoms with van der Waals surface area (Å²) in [6, 6.07) is 18.9. The largest absolute Gasteiger partial charge is 0.491 e. The molecule has 30 heavy (non-hydrogen) atoms. The van der Waals surface area contributed by atoms with Crippen molar-refractivity contribution >= 4 is 23.6 Å². The first-order valence-corrected chi connectivity index (χ1v) is 9.30. The Kier molecular flexibility index (Phi) is 7.40. The molecule has 0 saturated carbocycles. The Hall–Kier alpha value is -3.84. The maximum absolute atomic E-state index is 12.8. The van der Waals surface area contributed by atoms with Crippen molar-refractivity contribution < 1.29 is 23.5 Å². The lowest BCUT2D eigenvalue weighted by atomic mass is 10.2.